The van der Waals surface area contributed by atoms with Crippen LogP contribution in [0.15, 0.2) is 51.2 Å². The van der Waals surface area contributed by atoms with Crippen LogP contribution in [-0.4, -0.2) is 22.7 Å². The van der Waals surface area contributed by atoms with Crippen LogP contribution in [0.25, 0.3) is 16.0 Å². The maximum absolute atomic E-state index is 14.2. The molecular weight excluding hydrogens is 301 g/mol. The number of benzene rings is 1. The van der Waals surface area contributed by atoms with E-state index in [-0.39, 0.29) is 5.82 Å². The number of halogens is 1. The highest BCUT2D eigenvalue weighted by Gasteiger charge is 2.30. The van der Waals surface area contributed by atoms with Gasteiger partial charge in [0.05, 0.1) is 18.3 Å². The lowest BCUT2D eigenvalue weighted by Crippen LogP contribution is -2.30. The third-order valence-electron chi connectivity index (χ3n) is 3.65. The molecule has 1 aromatic carbocycles. The molecule has 7 heteroatoms. The molecule has 5 nitrogen and oxygen atoms in total. The second-order valence-corrected chi connectivity index (χ2v) is 5.92. The van der Waals surface area contributed by atoms with Gasteiger partial charge in [-0.15, -0.1) is 0 Å². The van der Waals surface area contributed by atoms with Crippen LogP contribution in [0.1, 0.15) is 19.4 Å². The highest BCUT2D eigenvalue weighted by atomic mass is 32.2. The maximum atomic E-state index is 14.2. The largest absolute Gasteiger partial charge is 0.320 e. The van der Waals surface area contributed by atoms with Crippen LogP contribution in [0.2, 0.25) is 0 Å². The average Bonchev–Trinajstić information content (AvgIpc) is 2.88. The molecule has 2 aliphatic rings. The van der Waals surface area contributed by atoms with Gasteiger partial charge in [0.1, 0.15) is 5.82 Å². The van der Waals surface area contributed by atoms with E-state index in [0.717, 1.165) is 16.4 Å². The predicted octanol–water partition coefficient (Wildman–Crippen LogP) is 4.52. The lowest BCUT2D eigenvalue weighted by atomic mass is 9.98. The molecular formula is C15H14FN5S. The second kappa shape index (κ2) is 5.87. The van der Waals surface area contributed by atoms with Gasteiger partial charge in [0.2, 0.25) is 0 Å². The van der Waals surface area contributed by atoms with Crippen LogP contribution in [-0.2, 0) is 0 Å². The van der Waals surface area contributed by atoms with Gasteiger partial charge < -0.3 is 4.90 Å². The summed E-state index contributed by atoms with van der Waals surface area (Å²) in [7, 11) is 0. The zero-order valence-electron chi connectivity index (χ0n) is 12.2. The van der Waals surface area contributed by atoms with Gasteiger partial charge in [-0.2, -0.15) is 0 Å². The molecule has 2 aliphatic heterocycles. The van der Waals surface area contributed by atoms with Gasteiger partial charge in [-0.1, -0.05) is 42.0 Å². The minimum Gasteiger partial charge on any atom is -0.320 e. The summed E-state index contributed by atoms with van der Waals surface area (Å²) in [6.45, 7) is 4.29. The van der Waals surface area contributed by atoms with Crippen LogP contribution in [0.4, 0.5) is 4.39 Å². The number of fused-ring (bicyclic) bond motifs is 1. The third kappa shape index (κ3) is 2.49. The molecule has 0 saturated heterocycles. The van der Waals surface area contributed by atoms with Gasteiger partial charge in [-0.05, 0) is 23.9 Å². The quantitative estimate of drug-likeness (QED) is 0.468. The maximum Gasteiger partial charge on any atom is 0.173 e. The van der Waals surface area contributed by atoms with E-state index in [1.165, 1.54) is 17.8 Å². The van der Waals surface area contributed by atoms with Crippen molar-refractivity contribution in [3.63, 3.8) is 0 Å². The number of hydrogen-bond acceptors (Lipinski definition) is 4. The normalized spacial score (nSPS) is 18.4. The van der Waals surface area contributed by atoms with Crippen molar-refractivity contribution in [1.29, 1.82) is 0 Å². The van der Waals surface area contributed by atoms with Crippen molar-refractivity contribution in [2.75, 3.05) is 6.54 Å². The first kappa shape index (κ1) is 14.7. The molecule has 0 spiro atoms. The molecule has 1 aromatic rings. The molecule has 0 aromatic heterocycles. The highest BCUT2D eigenvalue weighted by molar-refractivity contribution is 8.16. The van der Waals surface area contributed by atoms with Crippen molar-refractivity contribution < 1.29 is 4.39 Å². The SMILES string of the molecule is CC1=CSC2=NC(C(C)N=[N+]=[N-])=C(c3ccccc3F)CN12. The van der Waals surface area contributed by atoms with Gasteiger partial charge in [-0.25, -0.2) is 9.38 Å². The number of thioether (sulfide) groups is 1. The summed E-state index contributed by atoms with van der Waals surface area (Å²) in [6, 6.07) is 6.16. The molecule has 1 atom stereocenters. The van der Waals surface area contributed by atoms with Crippen molar-refractivity contribution in [1.82, 2.24) is 4.90 Å². The highest BCUT2D eigenvalue weighted by Crippen LogP contribution is 2.37. The first-order chi connectivity index (χ1) is 10.6. The average molecular weight is 315 g/mol. The van der Waals surface area contributed by atoms with Crippen LogP contribution in [0, 0.1) is 5.82 Å². The standard InChI is InChI=1S/C15H14FN5S/c1-9-8-22-15-18-14(10(2)19-20-17)12(7-21(9)15)11-5-3-4-6-13(11)16/h3-6,8,10H,7H2,1-2H3. The van der Waals surface area contributed by atoms with Gasteiger partial charge in [0.15, 0.2) is 5.17 Å². The molecule has 0 bridgehead atoms. The molecule has 22 heavy (non-hydrogen) atoms. The number of nitrogens with zero attached hydrogens (tertiary/aromatic N) is 5. The van der Waals surface area contributed by atoms with Crippen LogP contribution < -0.4 is 0 Å². The van der Waals surface area contributed by atoms with E-state index in [9.17, 15) is 4.39 Å². The number of allylic oxidation sites excluding steroid dienone is 1. The number of hydrogen-bond donors (Lipinski definition) is 0. The Bertz CT molecular complexity index is 761. The molecule has 0 saturated carbocycles. The summed E-state index contributed by atoms with van der Waals surface area (Å²) >= 11 is 1.53. The fourth-order valence-electron chi connectivity index (χ4n) is 2.51. The zero-order chi connectivity index (χ0) is 15.7. The first-order valence-electron chi connectivity index (χ1n) is 6.83. The Morgan fingerprint density at radius 1 is 1.45 bits per heavy atom. The van der Waals surface area contributed by atoms with Crippen molar-refractivity contribution in [2.24, 2.45) is 10.1 Å². The van der Waals surface area contributed by atoms with E-state index in [2.05, 4.69) is 15.0 Å². The Hall–Kier alpha value is -2.24. The van der Waals surface area contributed by atoms with Crippen LogP contribution in [0.5, 0.6) is 0 Å². The summed E-state index contributed by atoms with van der Waals surface area (Å²) in [5.41, 5.74) is 11.7. The van der Waals surface area contributed by atoms with Crippen molar-refractivity contribution in [2.45, 2.75) is 19.9 Å². The van der Waals surface area contributed by atoms with Crippen molar-refractivity contribution in [3.05, 3.63) is 62.9 Å². The monoisotopic (exact) mass is 315 g/mol. The minimum absolute atomic E-state index is 0.296. The Morgan fingerprint density at radius 2 is 2.23 bits per heavy atom. The number of aliphatic imine (C=N–C) groups is 1. The van der Waals surface area contributed by atoms with Gasteiger partial charge in [0.25, 0.3) is 0 Å². The summed E-state index contributed by atoms with van der Waals surface area (Å²) in [5, 5.41) is 6.59. The van der Waals surface area contributed by atoms with Crippen LogP contribution >= 0.6 is 11.8 Å². The van der Waals surface area contributed by atoms with E-state index in [1.54, 1.807) is 25.1 Å². The van der Waals surface area contributed by atoms with E-state index < -0.39 is 6.04 Å². The Morgan fingerprint density at radius 3 is 2.95 bits per heavy atom. The van der Waals surface area contributed by atoms with E-state index in [1.807, 2.05) is 17.2 Å². The minimum atomic E-state index is -0.448. The Labute approximate surface area is 131 Å². The molecule has 0 aliphatic carbocycles. The first-order valence-corrected chi connectivity index (χ1v) is 7.71. The van der Waals surface area contributed by atoms with Gasteiger partial charge in [0, 0.05) is 21.7 Å². The van der Waals surface area contributed by atoms with Crippen LogP contribution in [0.3, 0.4) is 0 Å². The number of azide groups is 1. The molecule has 0 N–H and O–H groups in total. The summed E-state index contributed by atoms with van der Waals surface area (Å²) < 4.78 is 14.2. The number of amidine groups is 1. The second-order valence-electron chi connectivity index (χ2n) is 5.08. The Balaban J connectivity index is 2.15. The fraction of sp³-hybridized carbons (Fsp3) is 0.267. The Kier molecular flexibility index (Phi) is 3.92. The lowest BCUT2D eigenvalue weighted by Gasteiger charge is -2.29. The molecule has 112 valence electrons. The molecule has 1 unspecified atom stereocenters. The smallest absolute Gasteiger partial charge is 0.173 e. The predicted molar refractivity (Wildman–Crippen MR) is 87.4 cm³/mol. The fourth-order valence-corrected chi connectivity index (χ4v) is 3.40. The van der Waals surface area contributed by atoms with Crippen molar-refractivity contribution >= 4 is 22.5 Å². The lowest BCUT2D eigenvalue weighted by molar-refractivity contribution is 0.573. The van der Waals surface area contributed by atoms with E-state index >= 15 is 0 Å². The van der Waals surface area contributed by atoms with E-state index in [4.69, 9.17) is 5.53 Å². The molecule has 2 heterocycles. The molecule has 3 rings (SSSR count). The molecule has 0 fully saturated rings. The zero-order valence-corrected chi connectivity index (χ0v) is 13.0. The van der Waals surface area contributed by atoms with Crippen molar-refractivity contribution in [3.8, 4) is 0 Å². The summed E-state index contributed by atoms with van der Waals surface area (Å²) in [6.07, 6.45) is 0. The topological polar surface area (TPSA) is 64.4 Å². The van der Waals surface area contributed by atoms with E-state index in [0.29, 0.717) is 17.8 Å². The third-order valence-corrected chi connectivity index (χ3v) is 4.63. The molecule has 0 amide bonds. The summed E-state index contributed by atoms with van der Waals surface area (Å²) in [5.74, 6) is -0.296. The summed E-state index contributed by atoms with van der Waals surface area (Å²) in [4.78, 5) is 9.51. The van der Waals surface area contributed by atoms with Gasteiger partial charge in [-0.3, -0.25) is 0 Å². The number of rotatable bonds is 3. The molecule has 0 radical (unpaired) electrons. The van der Waals surface area contributed by atoms with Gasteiger partial charge >= 0.3 is 0 Å².